The fourth-order valence-corrected chi connectivity index (χ4v) is 3.43. The van der Waals surface area contributed by atoms with Crippen molar-refractivity contribution in [2.24, 2.45) is 0 Å². The molecule has 2 N–H and O–H groups in total. The molecule has 0 saturated heterocycles. The number of aromatic amines is 1. The van der Waals surface area contributed by atoms with Gasteiger partial charge < -0.3 is 4.98 Å². The van der Waals surface area contributed by atoms with Crippen molar-refractivity contribution < 1.29 is 13.2 Å². The molecule has 0 unspecified atom stereocenters. The summed E-state index contributed by atoms with van der Waals surface area (Å²) in [6.45, 7) is 0.159. The van der Waals surface area contributed by atoms with Crippen molar-refractivity contribution in [2.45, 2.75) is 11.4 Å². The summed E-state index contributed by atoms with van der Waals surface area (Å²) in [5.74, 6) is -0.428. The molecule has 0 bridgehead atoms. The Labute approximate surface area is 149 Å². The third-order valence-corrected chi connectivity index (χ3v) is 5.21. The molecule has 2 heterocycles. The molecule has 8 heteroatoms. The number of rotatable bonds is 6. The van der Waals surface area contributed by atoms with E-state index in [-0.39, 0.29) is 27.9 Å². The molecule has 0 amide bonds. The number of hydrogen-bond donors (Lipinski definition) is 2. The molecule has 0 atom stereocenters. The topological polar surface area (TPSA) is 91.9 Å². The van der Waals surface area contributed by atoms with Crippen molar-refractivity contribution in [3.05, 3.63) is 82.9 Å². The van der Waals surface area contributed by atoms with Crippen molar-refractivity contribution in [3.63, 3.8) is 0 Å². The molecule has 0 radical (unpaired) electrons. The Bertz CT molecular complexity index is 1000. The van der Waals surface area contributed by atoms with Gasteiger partial charge in [-0.3, -0.25) is 4.79 Å². The first-order chi connectivity index (χ1) is 12.0. The first-order valence-corrected chi connectivity index (χ1v) is 9.21. The zero-order valence-corrected chi connectivity index (χ0v) is 14.5. The van der Waals surface area contributed by atoms with Gasteiger partial charge in [-0.05, 0) is 23.8 Å². The van der Waals surface area contributed by atoms with Crippen LogP contribution in [0.4, 0.5) is 0 Å². The lowest BCUT2D eigenvalue weighted by atomic mass is 10.1. The van der Waals surface area contributed by atoms with Gasteiger partial charge in [-0.25, -0.2) is 18.1 Å². The third kappa shape index (κ3) is 3.96. The van der Waals surface area contributed by atoms with Crippen LogP contribution in [0.25, 0.3) is 0 Å². The van der Waals surface area contributed by atoms with Crippen LogP contribution in [0.5, 0.6) is 0 Å². The molecule has 0 saturated carbocycles. The highest BCUT2D eigenvalue weighted by Crippen LogP contribution is 2.18. The van der Waals surface area contributed by atoms with Crippen LogP contribution in [-0.2, 0) is 16.6 Å². The molecular weight excluding hydrogens is 362 g/mol. The van der Waals surface area contributed by atoms with E-state index in [1.165, 1.54) is 24.5 Å². The Morgan fingerprint density at radius 1 is 1.16 bits per heavy atom. The maximum absolute atomic E-state index is 12.4. The maximum atomic E-state index is 12.4. The number of hydrogen-bond acceptors (Lipinski definition) is 4. The lowest BCUT2D eigenvalue weighted by molar-refractivity contribution is 0.103. The van der Waals surface area contributed by atoms with Crippen LogP contribution >= 0.6 is 11.6 Å². The quantitative estimate of drug-likeness (QED) is 0.512. The van der Waals surface area contributed by atoms with Gasteiger partial charge in [0.1, 0.15) is 10.0 Å². The van der Waals surface area contributed by atoms with Crippen LogP contribution in [0.1, 0.15) is 21.6 Å². The fourth-order valence-electron chi connectivity index (χ4n) is 2.22. The van der Waals surface area contributed by atoms with Crippen molar-refractivity contribution in [3.8, 4) is 0 Å². The first kappa shape index (κ1) is 17.3. The highest BCUT2D eigenvalue weighted by Gasteiger charge is 2.20. The number of benzene rings is 1. The van der Waals surface area contributed by atoms with E-state index in [1.54, 1.807) is 6.07 Å². The van der Waals surface area contributed by atoms with Crippen molar-refractivity contribution in [2.75, 3.05) is 0 Å². The van der Waals surface area contributed by atoms with Crippen LogP contribution in [0, 0.1) is 0 Å². The molecule has 1 aromatic carbocycles. The molecule has 0 aliphatic heterocycles. The highest BCUT2D eigenvalue weighted by molar-refractivity contribution is 7.89. The van der Waals surface area contributed by atoms with Crippen LogP contribution in [0.2, 0.25) is 5.15 Å². The summed E-state index contributed by atoms with van der Waals surface area (Å²) < 4.78 is 27.2. The van der Waals surface area contributed by atoms with Crippen molar-refractivity contribution >= 4 is 27.4 Å². The van der Waals surface area contributed by atoms with Crippen LogP contribution in [0.15, 0.2) is 65.8 Å². The molecule has 128 valence electrons. The number of carbonyl (C=O) groups is 1. The number of ketones is 1. The van der Waals surface area contributed by atoms with Crippen molar-refractivity contribution in [1.82, 2.24) is 14.7 Å². The SMILES string of the molecule is O=C(c1cc(S(=O)(=O)NCc2ccccc2)c[nH]1)c1cccnc1Cl. The van der Waals surface area contributed by atoms with Gasteiger partial charge in [0.15, 0.2) is 0 Å². The standard InChI is InChI=1S/C17H14ClN3O3S/c18-17-14(7-4-8-19-17)16(22)15-9-13(11-20-15)25(23,24)21-10-12-5-2-1-3-6-12/h1-9,11,20-21H,10H2. The average molecular weight is 376 g/mol. The molecule has 2 aromatic heterocycles. The van der Waals surface area contributed by atoms with Gasteiger partial charge in [-0.1, -0.05) is 41.9 Å². The van der Waals surface area contributed by atoms with Gasteiger partial charge in [0.05, 0.1) is 11.3 Å². The minimum Gasteiger partial charge on any atom is -0.357 e. The van der Waals surface area contributed by atoms with Gasteiger partial charge in [0.25, 0.3) is 0 Å². The normalized spacial score (nSPS) is 11.4. The fraction of sp³-hybridized carbons (Fsp3) is 0.0588. The molecule has 0 aliphatic rings. The molecule has 0 fully saturated rings. The maximum Gasteiger partial charge on any atom is 0.242 e. The van der Waals surface area contributed by atoms with E-state index in [0.717, 1.165) is 5.56 Å². The Morgan fingerprint density at radius 2 is 1.92 bits per heavy atom. The number of aromatic nitrogens is 2. The third-order valence-electron chi connectivity index (χ3n) is 3.52. The molecule has 6 nitrogen and oxygen atoms in total. The predicted molar refractivity (Wildman–Crippen MR) is 93.9 cm³/mol. The molecule has 3 aromatic rings. The van der Waals surface area contributed by atoms with E-state index in [1.807, 2.05) is 30.3 Å². The summed E-state index contributed by atoms with van der Waals surface area (Å²) in [6, 6.07) is 13.5. The number of nitrogens with zero attached hydrogens (tertiary/aromatic N) is 1. The lowest BCUT2D eigenvalue weighted by Gasteiger charge is -2.04. The van der Waals surface area contributed by atoms with Gasteiger partial charge in [0.2, 0.25) is 15.8 Å². The van der Waals surface area contributed by atoms with E-state index < -0.39 is 15.8 Å². The van der Waals surface area contributed by atoms with E-state index in [9.17, 15) is 13.2 Å². The zero-order valence-electron chi connectivity index (χ0n) is 12.9. The largest absolute Gasteiger partial charge is 0.357 e. The molecular formula is C17H14ClN3O3S. The molecule has 0 spiro atoms. The Morgan fingerprint density at radius 3 is 2.64 bits per heavy atom. The van der Waals surface area contributed by atoms with E-state index >= 15 is 0 Å². The van der Waals surface area contributed by atoms with Gasteiger partial charge in [-0.15, -0.1) is 0 Å². The molecule has 0 aliphatic carbocycles. The van der Waals surface area contributed by atoms with E-state index in [4.69, 9.17) is 11.6 Å². The van der Waals surface area contributed by atoms with Crippen molar-refractivity contribution in [1.29, 1.82) is 0 Å². The van der Waals surface area contributed by atoms with Crippen LogP contribution in [0.3, 0.4) is 0 Å². The smallest absolute Gasteiger partial charge is 0.242 e. The Kier molecular flexibility index (Phi) is 4.98. The molecule has 3 rings (SSSR count). The predicted octanol–water partition coefficient (Wildman–Crippen LogP) is 2.77. The number of H-pyrrole nitrogens is 1. The Balaban J connectivity index is 1.78. The monoisotopic (exact) mass is 375 g/mol. The average Bonchev–Trinajstić information content (AvgIpc) is 3.12. The van der Waals surface area contributed by atoms with Gasteiger partial charge in [-0.2, -0.15) is 0 Å². The van der Waals surface area contributed by atoms with Gasteiger partial charge >= 0.3 is 0 Å². The van der Waals surface area contributed by atoms with E-state index in [0.29, 0.717) is 0 Å². The minimum atomic E-state index is -3.75. The second-order valence-corrected chi connectivity index (χ2v) is 7.36. The summed E-state index contributed by atoms with van der Waals surface area (Å²) in [7, 11) is -3.75. The summed E-state index contributed by atoms with van der Waals surface area (Å²) in [6.07, 6.45) is 2.74. The number of pyridine rings is 1. The highest BCUT2D eigenvalue weighted by atomic mass is 35.5. The minimum absolute atomic E-state index is 0.0215. The van der Waals surface area contributed by atoms with Crippen LogP contribution in [-0.4, -0.2) is 24.2 Å². The number of nitrogens with one attached hydrogen (secondary N) is 2. The van der Waals surface area contributed by atoms with Gasteiger partial charge in [0, 0.05) is 18.9 Å². The second kappa shape index (κ2) is 7.18. The summed E-state index contributed by atoms with van der Waals surface area (Å²) >= 11 is 5.91. The second-order valence-electron chi connectivity index (χ2n) is 5.23. The Hall–Kier alpha value is -2.48. The zero-order chi connectivity index (χ0) is 17.9. The lowest BCUT2D eigenvalue weighted by Crippen LogP contribution is -2.22. The summed E-state index contributed by atoms with van der Waals surface area (Å²) in [5, 5.41) is 0.0636. The molecule has 25 heavy (non-hydrogen) atoms. The first-order valence-electron chi connectivity index (χ1n) is 7.34. The van der Waals surface area contributed by atoms with Crippen LogP contribution < -0.4 is 4.72 Å². The number of sulfonamides is 1. The summed E-state index contributed by atoms with van der Waals surface area (Å²) in [5.41, 5.74) is 1.15. The summed E-state index contributed by atoms with van der Waals surface area (Å²) in [4.78, 5) is 18.9. The number of halogens is 1. The number of carbonyl (C=O) groups excluding carboxylic acids is 1. The van der Waals surface area contributed by atoms with E-state index in [2.05, 4.69) is 14.7 Å².